The molecule has 0 aromatic carbocycles. The second kappa shape index (κ2) is 4.56. The number of aromatic nitrogens is 2. The lowest BCUT2D eigenvalue weighted by atomic mass is 9.84. The first kappa shape index (κ1) is 11.9. The number of nitrogens with zero attached hydrogens (tertiary/aromatic N) is 2. The molecule has 4 rings (SSSR count). The highest BCUT2D eigenvalue weighted by molar-refractivity contribution is 5.57. The molecule has 4 heterocycles. The van der Waals surface area contributed by atoms with Gasteiger partial charge in [0.1, 0.15) is 0 Å². The van der Waals surface area contributed by atoms with E-state index in [2.05, 4.69) is 16.4 Å². The van der Waals surface area contributed by atoms with Crippen molar-refractivity contribution in [1.29, 1.82) is 0 Å². The van der Waals surface area contributed by atoms with Gasteiger partial charge in [-0.2, -0.15) is 0 Å². The molecular weight excluding hydrogens is 250 g/mol. The molecule has 0 radical (unpaired) electrons. The zero-order valence-corrected chi connectivity index (χ0v) is 11.2. The predicted octanol–water partition coefficient (Wildman–Crippen LogP) is 1.62. The molecule has 0 spiro atoms. The largest absolute Gasteiger partial charge is 0.316 e. The van der Waals surface area contributed by atoms with Crippen LogP contribution in [0.1, 0.15) is 18.0 Å². The number of piperidine rings is 1. The van der Waals surface area contributed by atoms with Crippen molar-refractivity contribution in [3.8, 4) is 11.3 Å². The summed E-state index contributed by atoms with van der Waals surface area (Å²) >= 11 is 0. The summed E-state index contributed by atoms with van der Waals surface area (Å²) in [4.78, 5) is 17.1. The Hall–Kier alpha value is -1.94. The number of rotatable bonds is 1. The molecular formula is C16H17N3O. The zero-order chi connectivity index (χ0) is 13.5. The Bertz CT molecular complexity index is 693. The molecule has 2 atom stereocenters. The molecule has 4 heteroatoms. The molecule has 1 N–H and O–H groups in total. The highest BCUT2D eigenvalue weighted by atomic mass is 16.1. The Balaban J connectivity index is 1.86. The first-order chi connectivity index (χ1) is 9.83. The van der Waals surface area contributed by atoms with Gasteiger partial charge in [0.05, 0.1) is 11.3 Å². The fraction of sp³-hybridized carbons (Fsp3) is 0.375. The van der Waals surface area contributed by atoms with Crippen molar-refractivity contribution in [3.63, 3.8) is 0 Å². The molecule has 2 aromatic heterocycles. The van der Waals surface area contributed by atoms with E-state index in [1.165, 1.54) is 12.1 Å². The summed E-state index contributed by atoms with van der Waals surface area (Å²) in [5.74, 6) is 1.06. The second-order valence-corrected chi connectivity index (χ2v) is 5.76. The average Bonchev–Trinajstić information content (AvgIpc) is 2.50. The lowest BCUT2D eigenvalue weighted by Gasteiger charge is -2.37. The summed E-state index contributed by atoms with van der Waals surface area (Å²) in [5.41, 5.74) is 2.76. The normalized spacial score (nSPS) is 24.2. The van der Waals surface area contributed by atoms with E-state index in [1.54, 1.807) is 6.20 Å². The van der Waals surface area contributed by atoms with Crippen LogP contribution in [-0.4, -0.2) is 22.6 Å². The van der Waals surface area contributed by atoms with E-state index in [-0.39, 0.29) is 5.56 Å². The summed E-state index contributed by atoms with van der Waals surface area (Å²) in [6.45, 7) is 2.84. The van der Waals surface area contributed by atoms with Gasteiger partial charge in [-0.3, -0.25) is 9.78 Å². The van der Waals surface area contributed by atoms with Gasteiger partial charge in [0, 0.05) is 30.9 Å². The number of nitrogens with one attached hydrogen (secondary N) is 1. The Labute approximate surface area is 117 Å². The zero-order valence-electron chi connectivity index (χ0n) is 11.2. The molecule has 2 aliphatic heterocycles. The quantitative estimate of drug-likeness (QED) is 0.854. The van der Waals surface area contributed by atoms with Crippen LogP contribution in [0.3, 0.4) is 0 Å². The fourth-order valence-electron chi connectivity index (χ4n) is 3.51. The number of pyridine rings is 2. The lowest BCUT2D eigenvalue weighted by Crippen LogP contribution is -2.45. The van der Waals surface area contributed by atoms with Crippen LogP contribution >= 0.6 is 0 Å². The van der Waals surface area contributed by atoms with Crippen molar-refractivity contribution < 1.29 is 0 Å². The number of hydrogen-bond donors (Lipinski definition) is 1. The monoisotopic (exact) mass is 267 g/mol. The van der Waals surface area contributed by atoms with Crippen LogP contribution in [0.25, 0.3) is 11.3 Å². The van der Waals surface area contributed by atoms with Gasteiger partial charge in [-0.1, -0.05) is 6.07 Å². The lowest BCUT2D eigenvalue weighted by molar-refractivity contribution is 0.257. The molecule has 0 unspecified atom stereocenters. The minimum absolute atomic E-state index is 0.109. The van der Waals surface area contributed by atoms with E-state index in [4.69, 9.17) is 0 Å². The highest BCUT2D eigenvalue weighted by Gasteiger charge is 2.31. The maximum Gasteiger partial charge on any atom is 0.260 e. The van der Waals surface area contributed by atoms with E-state index >= 15 is 0 Å². The second-order valence-electron chi connectivity index (χ2n) is 5.76. The van der Waals surface area contributed by atoms with E-state index in [1.807, 2.05) is 28.8 Å². The smallest absolute Gasteiger partial charge is 0.260 e. The topological polar surface area (TPSA) is 46.9 Å². The highest BCUT2D eigenvalue weighted by Crippen LogP contribution is 2.32. The Morgan fingerprint density at radius 2 is 2.15 bits per heavy atom. The van der Waals surface area contributed by atoms with Gasteiger partial charge in [0.25, 0.3) is 5.56 Å². The van der Waals surface area contributed by atoms with Gasteiger partial charge in [-0.25, -0.2) is 0 Å². The van der Waals surface area contributed by atoms with Crippen molar-refractivity contribution in [2.75, 3.05) is 13.1 Å². The molecule has 0 amide bonds. The summed E-state index contributed by atoms with van der Waals surface area (Å²) < 4.78 is 1.98. The Morgan fingerprint density at radius 1 is 1.20 bits per heavy atom. The molecule has 0 aliphatic carbocycles. The Morgan fingerprint density at radius 3 is 3.00 bits per heavy atom. The summed E-state index contributed by atoms with van der Waals surface area (Å²) in [6.07, 6.45) is 2.94. The standard InChI is InChI=1S/C16H17N3O/c20-16-13(14-3-1-2-6-18-14)4-5-15-12-7-11(8-17-9-12)10-19(15)16/h1-6,11-12,17H,7-10H2/t11-,12-/m0/s1. The van der Waals surface area contributed by atoms with E-state index < -0.39 is 0 Å². The maximum atomic E-state index is 12.7. The van der Waals surface area contributed by atoms with Crippen molar-refractivity contribution in [2.45, 2.75) is 18.9 Å². The number of hydrogen-bond acceptors (Lipinski definition) is 3. The van der Waals surface area contributed by atoms with Crippen LogP contribution in [0.15, 0.2) is 41.3 Å². The van der Waals surface area contributed by atoms with Gasteiger partial charge in [-0.05, 0) is 43.1 Å². The fourth-order valence-corrected chi connectivity index (χ4v) is 3.51. The summed E-state index contributed by atoms with van der Waals surface area (Å²) in [5, 5.41) is 3.47. The van der Waals surface area contributed by atoms with E-state index in [9.17, 15) is 4.79 Å². The maximum absolute atomic E-state index is 12.7. The third-order valence-corrected chi connectivity index (χ3v) is 4.45. The van der Waals surface area contributed by atoms with Crippen LogP contribution < -0.4 is 10.9 Å². The molecule has 2 aromatic rings. The third kappa shape index (κ3) is 1.79. The summed E-state index contributed by atoms with van der Waals surface area (Å²) in [6, 6.07) is 9.74. The average molecular weight is 267 g/mol. The molecule has 4 nitrogen and oxygen atoms in total. The molecule has 1 fully saturated rings. The van der Waals surface area contributed by atoms with Gasteiger partial charge in [0.15, 0.2) is 0 Å². The third-order valence-electron chi connectivity index (χ3n) is 4.45. The van der Waals surface area contributed by atoms with Crippen molar-refractivity contribution in [1.82, 2.24) is 14.9 Å². The van der Waals surface area contributed by atoms with E-state index in [0.29, 0.717) is 17.4 Å². The molecule has 20 heavy (non-hydrogen) atoms. The SMILES string of the molecule is O=c1c(-c2ccccn2)ccc2n1C[C@@H]1CNC[C@@H]2C1. The van der Waals surface area contributed by atoms with Gasteiger partial charge in [-0.15, -0.1) is 0 Å². The van der Waals surface area contributed by atoms with Gasteiger partial charge < -0.3 is 9.88 Å². The van der Waals surface area contributed by atoms with Crippen LogP contribution in [0, 0.1) is 5.92 Å². The van der Waals surface area contributed by atoms with Crippen molar-refractivity contribution in [2.24, 2.45) is 5.92 Å². The number of fused-ring (bicyclic) bond motifs is 4. The van der Waals surface area contributed by atoms with E-state index in [0.717, 1.165) is 25.3 Å². The summed E-state index contributed by atoms with van der Waals surface area (Å²) in [7, 11) is 0. The molecule has 102 valence electrons. The molecule has 0 saturated carbocycles. The molecule has 2 bridgehead atoms. The van der Waals surface area contributed by atoms with Crippen molar-refractivity contribution in [3.05, 3.63) is 52.6 Å². The van der Waals surface area contributed by atoms with Gasteiger partial charge in [0.2, 0.25) is 0 Å². The van der Waals surface area contributed by atoms with Crippen LogP contribution in [0.5, 0.6) is 0 Å². The van der Waals surface area contributed by atoms with Crippen LogP contribution in [0.4, 0.5) is 0 Å². The first-order valence-electron chi connectivity index (χ1n) is 7.19. The first-order valence-corrected chi connectivity index (χ1v) is 7.19. The molecule has 2 aliphatic rings. The minimum atomic E-state index is 0.109. The van der Waals surface area contributed by atoms with Crippen molar-refractivity contribution >= 4 is 0 Å². The molecule has 1 saturated heterocycles. The van der Waals surface area contributed by atoms with Gasteiger partial charge >= 0.3 is 0 Å². The van der Waals surface area contributed by atoms with Crippen LogP contribution in [0.2, 0.25) is 0 Å². The predicted molar refractivity (Wildman–Crippen MR) is 77.7 cm³/mol. The van der Waals surface area contributed by atoms with Crippen LogP contribution in [-0.2, 0) is 6.54 Å². The minimum Gasteiger partial charge on any atom is -0.316 e. The Kier molecular flexibility index (Phi) is 2.70.